The molecular formula is C14H23I. The molecule has 1 unspecified atom stereocenters. The van der Waals surface area contributed by atoms with E-state index in [4.69, 9.17) is 0 Å². The van der Waals surface area contributed by atoms with Gasteiger partial charge in [-0.1, -0.05) is 61.1 Å². The highest BCUT2D eigenvalue weighted by Crippen LogP contribution is 2.71. The molecule has 0 aromatic carbocycles. The van der Waals surface area contributed by atoms with Crippen molar-refractivity contribution in [3.63, 3.8) is 0 Å². The second-order valence-corrected chi connectivity index (χ2v) is 7.73. The van der Waals surface area contributed by atoms with Gasteiger partial charge in [0.05, 0.1) is 0 Å². The first-order valence-electron chi connectivity index (χ1n) is 6.93. The van der Waals surface area contributed by atoms with Gasteiger partial charge in [-0.25, -0.2) is 0 Å². The fraction of sp³-hybridized carbons (Fsp3) is 1.00. The smallest absolute Gasteiger partial charge is 0.0177 e. The third kappa shape index (κ3) is 1.44. The van der Waals surface area contributed by atoms with Gasteiger partial charge in [-0.05, 0) is 42.9 Å². The number of hydrogen-bond acceptors (Lipinski definition) is 0. The van der Waals surface area contributed by atoms with Crippen LogP contribution in [-0.4, -0.2) is 3.92 Å². The molecule has 2 spiro atoms. The monoisotopic (exact) mass is 318 g/mol. The summed E-state index contributed by atoms with van der Waals surface area (Å²) in [4.78, 5) is 0. The minimum atomic E-state index is 0.817. The van der Waals surface area contributed by atoms with Crippen LogP contribution in [0.3, 0.4) is 0 Å². The number of alkyl halides is 1. The van der Waals surface area contributed by atoms with Crippen molar-refractivity contribution < 1.29 is 0 Å². The SMILES string of the molecule is IC1CC2(CCCCCC2)C12CCCC2. The van der Waals surface area contributed by atoms with Crippen molar-refractivity contribution in [3.8, 4) is 0 Å². The first-order valence-corrected chi connectivity index (χ1v) is 8.18. The van der Waals surface area contributed by atoms with E-state index in [0.29, 0.717) is 0 Å². The first kappa shape index (κ1) is 10.9. The topological polar surface area (TPSA) is 0 Å². The molecule has 0 saturated heterocycles. The number of hydrogen-bond donors (Lipinski definition) is 0. The van der Waals surface area contributed by atoms with Crippen molar-refractivity contribution >= 4 is 22.6 Å². The number of halogens is 1. The van der Waals surface area contributed by atoms with Crippen molar-refractivity contribution in [1.82, 2.24) is 0 Å². The van der Waals surface area contributed by atoms with E-state index in [9.17, 15) is 0 Å². The second kappa shape index (κ2) is 3.89. The van der Waals surface area contributed by atoms with Crippen LogP contribution in [0, 0.1) is 10.8 Å². The van der Waals surface area contributed by atoms with Crippen molar-refractivity contribution in [2.45, 2.75) is 74.6 Å². The molecule has 0 aromatic rings. The van der Waals surface area contributed by atoms with Crippen LogP contribution < -0.4 is 0 Å². The van der Waals surface area contributed by atoms with Crippen LogP contribution >= 0.6 is 22.6 Å². The predicted molar refractivity (Wildman–Crippen MR) is 73.5 cm³/mol. The molecule has 1 atom stereocenters. The van der Waals surface area contributed by atoms with Gasteiger partial charge < -0.3 is 0 Å². The lowest BCUT2D eigenvalue weighted by molar-refractivity contribution is -0.0728. The normalized spacial score (nSPS) is 37.8. The fourth-order valence-electron chi connectivity index (χ4n) is 4.90. The van der Waals surface area contributed by atoms with E-state index in [1.54, 1.807) is 32.1 Å². The predicted octanol–water partition coefficient (Wildman–Crippen LogP) is 5.09. The molecule has 0 nitrogen and oxygen atoms in total. The summed E-state index contributed by atoms with van der Waals surface area (Å²) in [5.41, 5.74) is 1.64. The van der Waals surface area contributed by atoms with E-state index >= 15 is 0 Å². The van der Waals surface area contributed by atoms with E-state index in [1.807, 2.05) is 0 Å². The van der Waals surface area contributed by atoms with Crippen LogP contribution in [0.15, 0.2) is 0 Å². The highest BCUT2D eigenvalue weighted by Gasteiger charge is 2.63. The van der Waals surface area contributed by atoms with Crippen molar-refractivity contribution in [2.24, 2.45) is 10.8 Å². The van der Waals surface area contributed by atoms with E-state index in [-0.39, 0.29) is 0 Å². The molecule has 0 aliphatic heterocycles. The quantitative estimate of drug-likeness (QED) is 0.431. The second-order valence-electron chi connectivity index (χ2n) is 6.23. The first-order chi connectivity index (χ1) is 7.29. The van der Waals surface area contributed by atoms with Crippen LogP contribution in [0.1, 0.15) is 70.6 Å². The van der Waals surface area contributed by atoms with Gasteiger partial charge in [-0.2, -0.15) is 0 Å². The summed E-state index contributed by atoms with van der Waals surface area (Å²) in [6.07, 6.45) is 17.0. The summed E-state index contributed by atoms with van der Waals surface area (Å²) in [5, 5.41) is 0. The average Bonchev–Trinajstić information content (AvgIpc) is 2.64. The van der Waals surface area contributed by atoms with Gasteiger partial charge in [0.25, 0.3) is 0 Å². The molecule has 0 heterocycles. The highest BCUT2D eigenvalue weighted by molar-refractivity contribution is 14.1. The molecule has 86 valence electrons. The van der Waals surface area contributed by atoms with E-state index in [0.717, 1.165) is 14.8 Å². The van der Waals surface area contributed by atoms with Gasteiger partial charge in [-0.3, -0.25) is 0 Å². The van der Waals surface area contributed by atoms with E-state index in [2.05, 4.69) is 22.6 Å². The number of rotatable bonds is 0. The number of fused-ring (bicyclic) bond motifs is 1. The zero-order valence-corrected chi connectivity index (χ0v) is 11.9. The van der Waals surface area contributed by atoms with Gasteiger partial charge in [0.1, 0.15) is 0 Å². The van der Waals surface area contributed by atoms with E-state index < -0.39 is 0 Å². The summed E-state index contributed by atoms with van der Waals surface area (Å²) < 4.78 is 1.02. The Morgan fingerprint density at radius 1 is 0.733 bits per heavy atom. The van der Waals surface area contributed by atoms with Crippen molar-refractivity contribution in [2.75, 3.05) is 0 Å². The largest absolute Gasteiger partial charge is 0.0820 e. The molecule has 3 fully saturated rings. The molecule has 3 rings (SSSR count). The molecule has 3 aliphatic rings. The van der Waals surface area contributed by atoms with Gasteiger partial charge in [0, 0.05) is 3.92 Å². The minimum Gasteiger partial charge on any atom is -0.0820 e. The van der Waals surface area contributed by atoms with E-state index in [1.165, 1.54) is 38.5 Å². The van der Waals surface area contributed by atoms with Crippen LogP contribution in [0.25, 0.3) is 0 Å². The molecule has 3 aliphatic carbocycles. The van der Waals surface area contributed by atoms with Gasteiger partial charge in [-0.15, -0.1) is 0 Å². The summed E-state index contributed by atoms with van der Waals surface area (Å²) in [6, 6.07) is 0. The third-order valence-electron chi connectivity index (χ3n) is 5.78. The third-order valence-corrected chi connectivity index (χ3v) is 7.41. The van der Waals surface area contributed by atoms with Crippen LogP contribution in [0.4, 0.5) is 0 Å². The molecule has 3 saturated carbocycles. The Balaban J connectivity index is 1.84. The Morgan fingerprint density at radius 2 is 1.27 bits per heavy atom. The minimum absolute atomic E-state index is 0.817. The lowest BCUT2D eigenvalue weighted by Crippen LogP contribution is -2.57. The molecule has 0 bridgehead atoms. The molecule has 0 amide bonds. The molecule has 1 heteroatoms. The van der Waals surface area contributed by atoms with Crippen molar-refractivity contribution in [3.05, 3.63) is 0 Å². The molecular weight excluding hydrogens is 295 g/mol. The van der Waals surface area contributed by atoms with Crippen LogP contribution in [0.5, 0.6) is 0 Å². The van der Waals surface area contributed by atoms with Gasteiger partial charge >= 0.3 is 0 Å². The lowest BCUT2D eigenvalue weighted by atomic mass is 9.46. The van der Waals surface area contributed by atoms with Crippen LogP contribution in [-0.2, 0) is 0 Å². The zero-order chi connectivity index (χ0) is 10.4. The Morgan fingerprint density at radius 3 is 1.80 bits per heavy atom. The molecule has 0 aromatic heterocycles. The Labute approximate surface area is 108 Å². The Bertz CT molecular complexity index is 232. The highest BCUT2D eigenvalue weighted by atomic mass is 127. The zero-order valence-electron chi connectivity index (χ0n) is 9.73. The Hall–Kier alpha value is 0.730. The Kier molecular flexibility index (Phi) is 2.81. The average molecular weight is 318 g/mol. The fourth-order valence-corrected chi connectivity index (χ4v) is 7.03. The summed E-state index contributed by atoms with van der Waals surface area (Å²) in [6.45, 7) is 0. The van der Waals surface area contributed by atoms with Crippen molar-refractivity contribution in [1.29, 1.82) is 0 Å². The summed E-state index contributed by atoms with van der Waals surface area (Å²) >= 11 is 2.77. The lowest BCUT2D eigenvalue weighted by Gasteiger charge is -2.62. The van der Waals surface area contributed by atoms with Gasteiger partial charge in [0.2, 0.25) is 0 Å². The maximum absolute atomic E-state index is 2.77. The summed E-state index contributed by atoms with van der Waals surface area (Å²) in [5.74, 6) is 0. The maximum Gasteiger partial charge on any atom is 0.0177 e. The van der Waals surface area contributed by atoms with Crippen LogP contribution in [0.2, 0.25) is 0 Å². The molecule has 0 radical (unpaired) electrons. The summed E-state index contributed by atoms with van der Waals surface area (Å²) in [7, 11) is 0. The maximum atomic E-state index is 2.77. The molecule has 15 heavy (non-hydrogen) atoms. The van der Waals surface area contributed by atoms with Gasteiger partial charge in [0.15, 0.2) is 0 Å². The standard InChI is InChI=1S/C14H23I/c15-12-11-13(7-3-1-2-4-8-13)14(12)9-5-6-10-14/h12H,1-11H2. The molecule has 0 N–H and O–H groups in total.